The Labute approximate surface area is 166 Å². The van der Waals surface area contributed by atoms with Crippen molar-refractivity contribution >= 4 is 23.3 Å². The molecule has 1 N–H and O–H groups in total. The van der Waals surface area contributed by atoms with Gasteiger partial charge in [0, 0.05) is 51.9 Å². The molecule has 1 saturated carbocycles. The number of amides is 3. The second-order valence-corrected chi connectivity index (χ2v) is 7.85. The number of nitrogens with zero attached hydrogens (tertiary/aromatic N) is 3. The van der Waals surface area contributed by atoms with E-state index in [1.807, 2.05) is 11.9 Å². The molecule has 1 aliphatic carbocycles. The van der Waals surface area contributed by atoms with E-state index in [2.05, 4.69) is 5.32 Å². The van der Waals surface area contributed by atoms with Crippen molar-refractivity contribution in [2.75, 3.05) is 43.4 Å². The summed E-state index contributed by atoms with van der Waals surface area (Å²) in [7, 11) is 1.95. The van der Waals surface area contributed by atoms with E-state index in [0.29, 0.717) is 43.6 Å². The Morgan fingerprint density at radius 2 is 1.71 bits per heavy atom. The Bertz CT molecular complexity index is 706. The zero-order chi connectivity index (χ0) is 20.1. The summed E-state index contributed by atoms with van der Waals surface area (Å²) in [5.41, 5.74) is 1.03. The maximum Gasteiger partial charge on any atom is 0.321 e. The van der Waals surface area contributed by atoms with Gasteiger partial charge < -0.3 is 20.0 Å². The maximum atomic E-state index is 14.7. The summed E-state index contributed by atoms with van der Waals surface area (Å²) in [6.45, 7) is 3.81. The Hall–Kier alpha value is -2.31. The number of hydrogen-bond donors (Lipinski definition) is 1. The van der Waals surface area contributed by atoms with Crippen LogP contribution in [0.5, 0.6) is 0 Å². The predicted molar refractivity (Wildman–Crippen MR) is 109 cm³/mol. The third-order valence-corrected chi connectivity index (χ3v) is 5.93. The molecule has 28 heavy (non-hydrogen) atoms. The first-order valence-electron chi connectivity index (χ1n) is 10.3. The van der Waals surface area contributed by atoms with Gasteiger partial charge in [-0.25, -0.2) is 9.18 Å². The first-order chi connectivity index (χ1) is 13.5. The molecule has 0 aromatic heterocycles. The Morgan fingerprint density at radius 1 is 1.04 bits per heavy atom. The first kappa shape index (κ1) is 20.4. The molecule has 0 atom stereocenters. The lowest BCUT2D eigenvalue weighted by Gasteiger charge is -2.33. The highest BCUT2D eigenvalue weighted by Crippen LogP contribution is 2.29. The van der Waals surface area contributed by atoms with Gasteiger partial charge in [-0.1, -0.05) is 19.3 Å². The quantitative estimate of drug-likeness (QED) is 0.857. The monoisotopic (exact) mass is 390 g/mol. The molecule has 1 heterocycles. The van der Waals surface area contributed by atoms with Crippen molar-refractivity contribution in [3.05, 3.63) is 24.0 Å². The van der Waals surface area contributed by atoms with Crippen LogP contribution in [0.15, 0.2) is 18.2 Å². The second-order valence-electron chi connectivity index (χ2n) is 7.85. The van der Waals surface area contributed by atoms with E-state index >= 15 is 0 Å². The van der Waals surface area contributed by atoms with Gasteiger partial charge in [-0.05, 0) is 37.5 Å². The molecule has 3 amide bonds. The fraction of sp³-hybridized carbons (Fsp3) is 0.619. The minimum absolute atomic E-state index is 0.0296. The summed E-state index contributed by atoms with van der Waals surface area (Å²) in [4.78, 5) is 29.5. The molecule has 1 saturated heterocycles. The van der Waals surface area contributed by atoms with Crippen molar-refractivity contribution in [1.29, 1.82) is 0 Å². The van der Waals surface area contributed by atoms with Crippen LogP contribution in [0.2, 0.25) is 0 Å². The molecule has 6 nitrogen and oxygen atoms in total. The summed E-state index contributed by atoms with van der Waals surface area (Å²) in [6.07, 6.45) is 6.59. The fourth-order valence-electron chi connectivity index (χ4n) is 4.17. The lowest BCUT2D eigenvalue weighted by molar-refractivity contribution is -0.128. The molecule has 0 unspecified atom stereocenters. The summed E-state index contributed by atoms with van der Waals surface area (Å²) < 4.78 is 14.7. The van der Waals surface area contributed by atoms with E-state index in [9.17, 15) is 14.0 Å². The number of urea groups is 1. The van der Waals surface area contributed by atoms with E-state index in [1.165, 1.54) is 25.3 Å². The number of anilines is 2. The van der Waals surface area contributed by atoms with E-state index in [4.69, 9.17) is 0 Å². The van der Waals surface area contributed by atoms with Gasteiger partial charge in [0.1, 0.15) is 5.82 Å². The van der Waals surface area contributed by atoms with Crippen molar-refractivity contribution in [2.45, 2.75) is 51.5 Å². The zero-order valence-corrected chi connectivity index (χ0v) is 16.9. The number of halogens is 1. The molecule has 0 bridgehead atoms. The highest BCUT2D eigenvalue weighted by molar-refractivity contribution is 5.89. The van der Waals surface area contributed by atoms with Crippen LogP contribution < -0.4 is 10.2 Å². The minimum atomic E-state index is -0.315. The maximum absolute atomic E-state index is 14.7. The first-order valence-corrected chi connectivity index (χ1v) is 10.3. The van der Waals surface area contributed by atoms with Crippen LogP contribution in [0.3, 0.4) is 0 Å². The molecule has 154 valence electrons. The molecule has 3 rings (SSSR count). The number of carbonyl (C=O) groups is 2. The lowest BCUT2D eigenvalue weighted by atomic mass is 9.94. The van der Waals surface area contributed by atoms with Gasteiger partial charge in [0.15, 0.2) is 0 Å². The fourth-order valence-corrected chi connectivity index (χ4v) is 4.17. The number of benzene rings is 1. The topological polar surface area (TPSA) is 55.9 Å². The largest absolute Gasteiger partial charge is 0.369 e. The molecule has 1 aromatic carbocycles. The second kappa shape index (κ2) is 9.26. The van der Waals surface area contributed by atoms with Crippen molar-refractivity contribution < 1.29 is 14.0 Å². The highest BCUT2D eigenvalue weighted by Gasteiger charge is 2.22. The molecule has 2 aliphatic rings. The van der Waals surface area contributed by atoms with Gasteiger partial charge in [0.2, 0.25) is 5.91 Å². The number of carbonyl (C=O) groups excluding carboxylic acids is 2. The van der Waals surface area contributed by atoms with Crippen LogP contribution in [0.25, 0.3) is 0 Å². The summed E-state index contributed by atoms with van der Waals surface area (Å²) in [6, 6.07) is 5.03. The van der Waals surface area contributed by atoms with Crippen molar-refractivity contribution in [3.8, 4) is 0 Å². The molecule has 2 fully saturated rings. The van der Waals surface area contributed by atoms with Gasteiger partial charge >= 0.3 is 6.03 Å². The van der Waals surface area contributed by atoms with Crippen LogP contribution in [0, 0.1) is 5.82 Å². The van der Waals surface area contributed by atoms with Crippen LogP contribution >= 0.6 is 0 Å². The molecule has 7 heteroatoms. The van der Waals surface area contributed by atoms with Crippen LogP contribution in [-0.2, 0) is 4.79 Å². The third kappa shape index (κ3) is 4.94. The van der Waals surface area contributed by atoms with Crippen molar-refractivity contribution in [2.24, 2.45) is 0 Å². The average molecular weight is 391 g/mol. The van der Waals surface area contributed by atoms with Crippen LogP contribution in [0.1, 0.15) is 45.4 Å². The third-order valence-electron chi connectivity index (χ3n) is 5.93. The smallest absolute Gasteiger partial charge is 0.321 e. The van der Waals surface area contributed by atoms with Gasteiger partial charge in [-0.2, -0.15) is 0 Å². The van der Waals surface area contributed by atoms with Crippen LogP contribution in [0.4, 0.5) is 20.6 Å². The van der Waals surface area contributed by atoms with E-state index in [0.717, 1.165) is 19.3 Å². The average Bonchev–Trinajstić information content (AvgIpc) is 2.95. The zero-order valence-electron chi connectivity index (χ0n) is 16.9. The van der Waals surface area contributed by atoms with Crippen molar-refractivity contribution in [3.63, 3.8) is 0 Å². The molecule has 1 aromatic rings. The Morgan fingerprint density at radius 3 is 2.39 bits per heavy atom. The number of hydrogen-bond acceptors (Lipinski definition) is 3. The summed E-state index contributed by atoms with van der Waals surface area (Å²) >= 11 is 0. The predicted octanol–water partition coefficient (Wildman–Crippen LogP) is 3.68. The Balaban J connectivity index is 1.60. The molecule has 0 spiro atoms. The van der Waals surface area contributed by atoms with Crippen LogP contribution in [-0.4, -0.2) is 61.0 Å². The lowest BCUT2D eigenvalue weighted by Crippen LogP contribution is -2.38. The van der Waals surface area contributed by atoms with Gasteiger partial charge in [-0.3, -0.25) is 4.79 Å². The molecule has 0 radical (unpaired) electrons. The number of rotatable bonds is 3. The van der Waals surface area contributed by atoms with E-state index in [1.54, 1.807) is 28.9 Å². The van der Waals surface area contributed by atoms with Gasteiger partial charge in [0.05, 0.1) is 5.69 Å². The van der Waals surface area contributed by atoms with Gasteiger partial charge in [-0.15, -0.1) is 0 Å². The standard InChI is InChI=1S/C21H31FN4O2/c1-16(27)25-11-6-12-26(14-13-25)21(28)23-17-9-10-20(19(22)15-17)24(2)18-7-4-3-5-8-18/h9-10,15,18H,3-8,11-14H2,1-2H3,(H,23,28). The van der Waals surface area contributed by atoms with E-state index < -0.39 is 0 Å². The van der Waals surface area contributed by atoms with Gasteiger partial charge in [0.25, 0.3) is 0 Å². The highest BCUT2D eigenvalue weighted by atomic mass is 19.1. The summed E-state index contributed by atoms with van der Waals surface area (Å²) in [5, 5.41) is 2.80. The normalized spacial score (nSPS) is 18.5. The van der Waals surface area contributed by atoms with Crippen molar-refractivity contribution in [1.82, 2.24) is 9.80 Å². The Kier molecular flexibility index (Phi) is 6.75. The number of nitrogens with one attached hydrogen (secondary N) is 1. The SMILES string of the molecule is CC(=O)N1CCCN(C(=O)Nc2ccc(N(C)C3CCCCC3)c(F)c2)CC1. The van der Waals surface area contributed by atoms with E-state index in [-0.39, 0.29) is 17.8 Å². The molecular weight excluding hydrogens is 359 g/mol. The summed E-state index contributed by atoms with van der Waals surface area (Å²) in [5.74, 6) is -0.286. The molecular formula is C21H31FN4O2. The molecule has 1 aliphatic heterocycles. The minimum Gasteiger partial charge on any atom is -0.369 e.